The van der Waals surface area contributed by atoms with Gasteiger partial charge in [-0.25, -0.2) is 0 Å². The van der Waals surface area contributed by atoms with Crippen LogP contribution in [-0.4, -0.2) is 6.54 Å². The number of hydrogen-bond donors (Lipinski definition) is 1. The molecule has 0 saturated heterocycles. The van der Waals surface area contributed by atoms with Gasteiger partial charge in [0.15, 0.2) is 0 Å². The Morgan fingerprint density at radius 2 is 2.05 bits per heavy atom. The largest absolute Gasteiger partial charge is 0.298 e. The van der Waals surface area contributed by atoms with Crippen molar-refractivity contribution in [1.29, 1.82) is 5.26 Å². The molecule has 0 aromatic heterocycles. The minimum atomic E-state index is -0.190. The second-order valence-electron chi connectivity index (χ2n) is 5.29. The summed E-state index contributed by atoms with van der Waals surface area (Å²) in [6.45, 7) is 2.95. The summed E-state index contributed by atoms with van der Waals surface area (Å²) < 4.78 is 0. The smallest absolute Gasteiger partial charge is 0.121 e. The van der Waals surface area contributed by atoms with E-state index in [9.17, 15) is 5.26 Å². The van der Waals surface area contributed by atoms with Crippen LogP contribution in [-0.2, 0) is 0 Å². The van der Waals surface area contributed by atoms with Crippen molar-refractivity contribution >= 4 is 0 Å². The fraction of sp³-hybridized carbons (Fsp3) is 0.471. The molecule has 2 rings (SSSR count). The normalized spacial score (nSPS) is 16.5. The van der Waals surface area contributed by atoms with E-state index in [1.165, 1.54) is 31.2 Å². The molecular formula is C17H22N2. The number of nitriles is 1. The van der Waals surface area contributed by atoms with Crippen LogP contribution in [0.25, 0.3) is 0 Å². The van der Waals surface area contributed by atoms with Crippen molar-refractivity contribution in [3.05, 3.63) is 47.0 Å². The van der Waals surface area contributed by atoms with Gasteiger partial charge in [0.05, 0.1) is 6.07 Å². The van der Waals surface area contributed by atoms with Gasteiger partial charge in [-0.1, -0.05) is 41.5 Å². The summed E-state index contributed by atoms with van der Waals surface area (Å²) in [6, 6.07) is 10.4. The number of allylic oxidation sites excluding steroid dienone is 1. The van der Waals surface area contributed by atoms with Crippen LogP contribution in [0.5, 0.6) is 0 Å². The molecule has 1 aliphatic carbocycles. The van der Waals surface area contributed by atoms with Crippen LogP contribution in [0, 0.1) is 18.3 Å². The van der Waals surface area contributed by atoms with Gasteiger partial charge in [0.1, 0.15) is 6.04 Å². The summed E-state index contributed by atoms with van der Waals surface area (Å²) >= 11 is 0. The molecule has 1 N–H and O–H groups in total. The molecule has 1 aromatic rings. The molecule has 0 bridgehead atoms. The number of nitrogens with one attached hydrogen (secondary N) is 1. The summed E-state index contributed by atoms with van der Waals surface area (Å²) in [7, 11) is 0. The Morgan fingerprint density at radius 3 is 2.68 bits per heavy atom. The zero-order valence-corrected chi connectivity index (χ0v) is 11.7. The maximum Gasteiger partial charge on any atom is 0.121 e. The molecule has 0 amide bonds. The SMILES string of the molecule is Cc1ccc(C(C#N)NCCC2=CCCCC2)cc1. The van der Waals surface area contributed by atoms with Crippen molar-refractivity contribution in [2.75, 3.05) is 6.54 Å². The first-order chi connectivity index (χ1) is 9.29. The van der Waals surface area contributed by atoms with Gasteiger partial charge in [0.2, 0.25) is 0 Å². The predicted octanol–water partition coefficient (Wildman–Crippen LogP) is 4.04. The van der Waals surface area contributed by atoms with E-state index in [2.05, 4.69) is 36.5 Å². The molecule has 2 heteroatoms. The first kappa shape index (κ1) is 13.8. The lowest BCUT2D eigenvalue weighted by molar-refractivity contribution is 0.602. The number of aryl methyl sites for hydroxylation is 1. The zero-order chi connectivity index (χ0) is 13.5. The van der Waals surface area contributed by atoms with Crippen LogP contribution in [0.3, 0.4) is 0 Å². The standard InChI is InChI=1S/C17H22N2/c1-14-7-9-16(10-8-14)17(13-18)19-12-11-15-5-3-2-4-6-15/h5,7-10,17,19H,2-4,6,11-12H2,1H3. The van der Waals surface area contributed by atoms with Crippen molar-refractivity contribution in [2.24, 2.45) is 0 Å². The maximum atomic E-state index is 9.26. The molecule has 0 aliphatic heterocycles. The molecular weight excluding hydrogens is 232 g/mol. The average molecular weight is 254 g/mol. The van der Waals surface area contributed by atoms with Gasteiger partial charge in [0.25, 0.3) is 0 Å². The van der Waals surface area contributed by atoms with E-state index in [-0.39, 0.29) is 6.04 Å². The topological polar surface area (TPSA) is 35.8 Å². The van der Waals surface area contributed by atoms with Crippen molar-refractivity contribution in [2.45, 2.75) is 45.1 Å². The van der Waals surface area contributed by atoms with Crippen LogP contribution < -0.4 is 5.32 Å². The number of hydrogen-bond acceptors (Lipinski definition) is 2. The summed E-state index contributed by atoms with van der Waals surface area (Å²) in [5.41, 5.74) is 3.85. The Balaban J connectivity index is 1.84. The third-order valence-electron chi connectivity index (χ3n) is 3.72. The molecule has 1 aliphatic rings. The summed E-state index contributed by atoms with van der Waals surface area (Å²) in [5.74, 6) is 0. The molecule has 0 saturated carbocycles. The van der Waals surface area contributed by atoms with E-state index in [4.69, 9.17) is 0 Å². The van der Waals surface area contributed by atoms with Gasteiger partial charge >= 0.3 is 0 Å². The van der Waals surface area contributed by atoms with E-state index in [1.54, 1.807) is 5.57 Å². The van der Waals surface area contributed by atoms with E-state index < -0.39 is 0 Å². The summed E-state index contributed by atoms with van der Waals surface area (Å²) in [5, 5.41) is 12.6. The maximum absolute atomic E-state index is 9.26. The van der Waals surface area contributed by atoms with Gasteiger partial charge in [-0.15, -0.1) is 0 Å². The molecule has 1 atom stereocenters. The van der Waals surface area contributed by atoms with Gasteiger partial charge in [-0.2, -0.15) is 5.26 Å². The van der Waals surface area contributed by atoms with Crippen LogP contribution in [0.2, 0.25) is 0 Å². The predicted molar refractivity (Wildman–Crippen MR) is 78.7 cm³/mol. The Bertz CT molecular complexity index is 465. The number of benzene rings is 1. The Hall–Kier alpha value is -1.59. The van der Waals surface area contributed by atoms with Crippen LogP contribution in [0.15, 0.2) is 35.9 Å². The monoisotopic (exact) mass is 254 g/mol. The van der Waals surface area contributed by atoms with E-state index in [1.807, 2.05) is 12.1 Å². The zero-order valence-electron chi connectivity index (χ0n) is 11.7. The molecule has 0 fully saturated rings. The van der Waals surface area contributed by atoms with E-state index in [0.29, 0.717) is 0 Å². The first-order valence-electron chi connectivity index (χ1n) is 7.17. The molecule has 0 radical (unpaired) electrons. The Kier molecular flexibility index (Phi) is 5.18. The molecule has 0 heterocycles. The van der Waals surface area contributed by atoms with Crippen LogP contribution in [0.4, 0.5) is 0 Å². The lowest BCUT2D eigenvalue weighted by Crippen LogP contribution is -2.21. The van der Waals surface area contributed by atoms with Gasteiger partial charge < -0.3 is 0 Å². The fourth-order valence-electron chi connectivity index (χ4n) is 2.51. The van der Waals surface area contributed by atoms with Crippen molar-refractivity contribution in [3.8, 4) is 6.07 Å². The molecule has 0 spiro atoms. The van der Waals surface area contributed by atoms with E-state index >= 15 is 0 Å². The number of rotatable bonds is 5. The number of nitrogens with zero attached hydrogens (tertiary/aromatic N) is 1. The quantitative estimate of drug-likeness (QED) is 0.805. The molecule has 19 heavy (non-hydrogen) atoms. The third-order valence-corrected chi connectivity index (χ3v) is 3.72. The second-order valence-corrected chi connectivity index (χ2v) is 5.29. The molecule has 2 nitrogen and oxygen atoms in total. The lowest BCUT2D eigenvalue weighted by Gasteiger charge is -2.15. The summed E-state index contributed by atoms with van der Waals surface area (Å²) in [4.78, 5) is 0. The lowest BCUT2D eigenvalue weighted by atomic mass is 9.97. The van der Waals surface area contributed by atoms with Crippen molar-refractivity contribution < 1.29 is 0 Å². The Morgan fingerprint density at radius 1 is 1.26 bits per heavy atom. The van der Waals surface area contributed by atoms with Crippen LogP contribution >= 0.6 is 0 Å². The highest BCUT2D eigenvalue weighted by atomic mass is 14.9. The fourth-order valence-corrected chi connectivity index (χ4v) is 2.51. The molecule has 1 aromatic carbocycles. The van der Waals surface area contributed by atoms with Gasteiger partial charge in [-0.05, 0) is 44.6 Å². The van der Waals surface area contributed by atoms with Gasteiger partial charge in [-0.3, -0.25) is 5.32 Å². The highest BCUT2D eigenvalue weighted by Gasteiger charge is 2.10. The molecule has 100 valence electrons. The minimum Gasteiger partial charge on any atom is -0.298 e. The van der Waals surface area contributed by atoms with Crippen molar-refractivity contribution in [1.82, 2.24) is 5.32 Å². The second kappa shape index (κ2) is 7.11. The van der Waals surface area contributed by atoms with Gasteiger partial charge in [0, 0.05) is 6.54 Å². The highest BCUT2D eigenvalue weighted by Crippen LogP contribution is 2.20. The average Bonchev–Trinajstić information content (AvgIpc) is 2.46. The minimum absolute atomic E-state index is 0.190. The van der Waals surface area contributed by atoms with E-state index in [0.717, 1.165) is 18.5 Å². The van der Waals surface area contributed by atoms with Crippen LogP contribution in [0.1, 0.15) is 49.3 Å². The summed E-state index contributed by atoms with van der Waals surface area (Å²) in [6.07, 6.45) is 8.58. The molecule has 1 unspecified atom stereocenters. The highest BCUT2D eigenvalue weighted by molar-refractivity contribution is 5.27. The first-order valence-corrected chi connectivity index (χ1v) is 7.17. The Labute approximate surface area is 116 Å². The third kappa shape index (κ3) is 4.22. The van der Waals surface area contributed by atoms with Crippen molar-refractivity contribution in [3.63, 3.8) is 0 Å².